The Bertz CT molecular complexity index is 936. The summed E-state index contributed by atoms with van der Waals surface area (Å²) in [7, 11) is 1.71. The SMILES string of the molecule is COC1COCCC1NC1CCC(C(=O)N2CC=C(c3cncc(C(F)(F)F)c3)CC2)(C(C)C)C1. The van der Waals surface area contributed by atoms with Crippen LogP contribution in [-0.2, 0) is 20.4 Å². The van der Waals surface area contributed by atoms with E-state index >= 15 is 0 Å². The van der Waals surface area contributed by atoms with Gasteiger partial charge in [0, 0.05) is 51.3 Å². The number of nitrogens with zero attached hydrogens (tertiary/aromatic N) is 2. The van der Waals surface area contributed by atoms with Gasteiger partial charge in [-0.3, -0.25) is 9.78 Å². The molecular formula is C26H36F3N3O3. The molecule has 0 radical (unpaired) electrons. The molecule has 0 aromatic carbocycles. The van der Waals surface area contributed by atoms with E-state index in [4.69, 9.17) is 9.47 Å². The first-order valence-electron chi connectivity index (χ1n) is 12.5. The van der Waals surface area contributed by atoms with Crippen LogP contribution in [0.5, 0.6) is 0 Å². The van der Waals surface area contributed by atoms with Gasteiger partial charge in [0.05, 0.1) is 23.7 Å². The molecule has 0 bridgehead atoms. The number of carbonyl (C=O) groups excluding carboxylic acids is 1. The van der Waals surface area contributed by atoms with Crippen molar-refractivity contribution in [2.45, 2.75) is 70.3 Å². The first kappa shape index (κ1) is 26.1. The van der Waals surface area contributed by atoms with Crippen molar-refractivity contribution in [3.63, 3.8) is 0 Å². The Kier molecular flexibility index (Phi) is 7.88. The lowest BCUT2D eigenvalue weighted by molar-refractivity contribution is -0.144. The maximum absolute atomic E-state index is 13.8. The average molecular weight is 496 g/mol. The van der Waals surface area contributed by atoms with E-state index in [1.54, 1.807) is 7.11 Å². The second kappa shape index (κ2) is 10.6. The molecular weight excluding hydrogens is 459 g/mol. The minimum atomic E-state index is -4.43. The van der Waals surface area contributed by atoms with Crippen LogP contribution in [0, 0.1) is 11.3 Å². The number of hydrogen-bond acceptors (Lipinski definition) is 5. The van der Waals surface area contributed by atoms with Gasteiger partial charge in [0.25, 0.3) is 0 Å². The third-order valence-corrected chi connectivity index (χ3v) is 8.07. The first-order chi connectivity index (χ1) is 16.6. The summed E-state index contributed by atoms with van der Waals surface area (Å²) in [5, 5.41) is 3.75. The molecule has 3 heterocycles. The Hall–Kier alpha value is -1.97. The van der Waals surface area contributed by atoms with Gasteiger partial charge in [-0.25, -0.2) is 0 Å². The van der Waals surface area contributed by atoms with Crippen LogP contribution in [0.2, 0.25) is 0 Å². The zero-order chi connectivity index (χ0) is 25.2. The number of pyridine rings is 1. The molecule has 2 aliphatic heterocycles. The lowest BCUT2D eigenvalue weighted by Crippen LogP contribution is -2.52. The summed E-state index contributed by atoms with van der Waals surface area (Å²) in [4.78, 5) is 19.5. The summed E-state index contributed by atoms with van der Waals surface area (Å²) in [5.41, 5.74) is 0.0918. The molecule has 1 saturated carbocycles. The van der Waals surface area contributed by atoms with Crippen molar-refractivity contribution in [3.05, 3.63) is 35.7 Å². The number of halogens is 3. The molecule has 1 aliphatic carbocycles. The van der Waals surface area contributed by atoms with Gasteiger partial charge >= 0.3 is 6.18 Å². The van der Waals surface area contributed by atoms with Gasteiger partial charge in [-0.2, -0.15) is 13.2 Å². The number of amides is 1. The molecule has 1 aromatic rings. The molecule has 4 atom stereocenters. The van der Waals surface area contributed by atoms with Crippen LogP contribution in [-0.4, -0.2) is 67.4 Å². The summed E-state index contributed by atoms with van der Waals surface area (Å²) in [6.07, 6.45) is 3.72. The predicted octanol–water partition coefficient (Wildman–Crippen LogP) is 4.30. The fourth-order valence-electron chi connectivity index (χ4n) is 5.82. The molecule has 6 nitrogen and oxygen atoms in total. The topological polar surface area (TPSA) is 63.7 Å². The first-order valence-corrected chi connectivity index (χ1v) is 12.5. The fourth-order valence-corrected chi connectivity index (χ4v) is 5.82. The molecule has 4 unspecified atom stereocenters. The van der Waals surface area contributed by atoms with Crippen LogP contribution >= 0.6 is 0 Å². The monoisotopic (exact) mass is 495 g/mol. The summed E-state index contributed by atoms with van der Waals surface area (Å²) in [6, 6.07) is 1.61. The number of rotatable bonds is 6. The second-order valence-electron chi connectivity index (χ2n) is 10.4. The van der Waals surface area contributed by atoms with E-state index in [0.717, 1.165) is 43.5 Å². The van der Waals surface area contributed by atoms with Crippen molar-refractivity contribution < 1.29 is 27.4 Å². The van der Waals surface area contributed by atoms with Gasteiger partial charge in [0.2, 0.25) is 5.91 Å². The standard InChI is InChI=1S/C26H36F3N3O3/c1-17(2)25(8-4-21(13-25)31-22-7-11-35-16-23(22)34-3)24(33)32-9-5-18(6-10-32)19-12-20(15-30-14-19)26(27,28)29/h5,12,14-15,17,21-23,31H,4,6-11,13,16H2,1-3H3. The van der Waals surface area contributed by atoms with Gasteiger partial charge in [-0.05, 0) is 55.2 Å². The van der Waals surface area contributed by atoms with Crippen LogP contribution in [0.25, 0.3) is 5.57 Å². The highest BCUT2D eigenvalue weighted by molar-refractivity contribution is 5.84. The zero-order valence-electron chi connectivity index (χ0n) is 20.7. The minimum Gasteiger partial charge on any atom is -0.379 e. The van der Waals surface area contributed by atoms with Gasteiger partial charge in [0.1, 0.15) is 0 Å². The number of ether oxygens (including phenoxy) is 2. The normalized spacial score (nSPS) is 30.0. The molecule has 2 fully saturated rings. The fraction of sp³-hybridized carbons (Fsp3) is 0.692. The number of alkyl halides is 3. The van der Waals surface area contributed by atoms with Crippen LogP contribution in [0.3, 0.4) is 0 Å². The number of nitrogens with one attached hydrogen (secondary N) is 1. The number of aromatic nitrogens is 1. The Labute approximate surface area is 205 Å². The highest BCUT2D eigenvalue weighted by atomic mass is 19.4. The molecule has 9 heteroatoms. The van der Waals surface area contributed by atoms with E-state index in [2.05, 4.69) is 24.1 Å². The van der Waals surface area contributed by atoms with Crippen molar-refractivity contribution >= 4 is 11.5 Å². The Morgan fingerprint density at radius 2 is 2.11 bits per heavy atom. The van der Waals surface area contributed by atoms with Crippen molar-refractivity contribution in [1.82, 2.24) is 15.2 Å². The molecule has 1 N–H and O–H groups in total. The number of methoxy groups -OCH3 is 1. The van der Waals surface area contributed by atoms with Gasteiger partial charge in [-0.1, -0.05) is 19.9 Å². The third-order valence-electron chi connectivity index (χ3n) is 8.07. The van der Waals surface area contributed by atoms with E-state index in [1.807, 2.05) is 11.0 Å². The summed E-state index contributed by atoms with van der Waals surface area (Å²) < 4.78 is 50.4. The lowest BCUT2D eigenvalue weighted by Gasteiger charge is -2.39. The van der Waals surface area contributed by atoms with Crippen molar-refractivity contribution in [2.75, 3.05) is 33.4 Å². The van der Waals surface area contributed by atoms with Gasteiger partial charge in [0.15, 0.2) is 0 Å². The highest BCUT2D eigenvalue weighted by Crippen LogP contribution is 2.46. The average Bonchev–Trinajstić information content (AvgIpc) is 3.29. The summed E-state index contributed by atoms with van der Waals surface area (Å²) >= 11 is 0. The molecule has 194 valence electrons. The maximum atomic E-state index is 13.8. The van der Waals surface area contributed by atoms with Crippen molar-refractivity contribution in [1.29, 1.82) is 0 Å². The maximum Gasteiger partial charge on any atom is 0.417 e. The Balaban J connectivity index is 1.43. The molecule has 1 aromatic heterocycles. The van der Waals surface area contributed by atoms with E-state index in [1.165, 1.54) is 6.20 Å². The van der Waals surface area contributed by atoms with E-state index < -0.39 is 17.2 Å². The van der Waals surface area contributed by atoms with Gasteiger partial charge < -0.3 is 19.7 Å². The molecule has 1 amide bonds. The third kappa shape index (κ3) is 5.57. The number of carbonyl (C=O) groups is 1. The minimum absolute atomic E-state index is 0.0180. The van der Waals surface area contributed by atoms with E-state index in [9.17, 15) is 18.0 Å². The molecule has 0 spiro atoms. The second-order valence-corrected chi connectivity index (χ2v) is 10.4. The Morgan fingerprint density at radius 1 is 1.31 bits per heavy atom. The van der Waals surface area contributed by atoms with E-state index in [-0.39, 0.29) is 30.0 Å². The molecule has 3 aliphatic rings. The van der Waals surface area contributed by atoms with Crippen molar-refractivity contribution in [3.8, 4) is 0 Å². The number of hydrogen-bond donors (Lipinski definition) is 1. The quantitative estimate of drug-likeness (QED) is 0.638. The zero-order valence-corrected chi connectivity index (χ0v) is 20.7. The van der Waals surface area contributed by atoms with Crippen LogP contribution in [0.15, 0.2) is 24.5 Å². The molecule has 35 heavy (non-hydrogen) atoms. The highest BCUT2D eigenvalue weighted by Gasteiger charge is 2.50. The van der Waals surface area contributed by atoms with Gasteiger partial charge in [-0.15, -0.1) is 0 Å². The van der Waals surface area contributed by atoms with Crippen LogP contribution in [0.1, 0.15) is 57.1 Å². The predicted molar refractivity (Wildman–Crippen MR) is 126 cm³/mol. The Morgan fingerprint density at radius 3 is 2.77 bits per heavy atom. The van der Waals surface area contributed by atoms with E-state index in [0.29, 0.717) is 38.3 Å². The van der Waals surface area contributed by atoms with Crippen molar-refractivity contribution in [2.24, 2.45) is 11.3 Å². The van der Waals surface area contributed by atoms with Crippen LogP contribution < -0.4 is 5.32 Å². The summed E-state index contributed by atoms with van der Waals surface area (Å²) in [5.74, 6) is 0.345. The van der Waals surface area contributed by atoms with Crippen LogP contribution in [0.4, 0.5) is 13.2 Å². The molecule has 1 saturated heterocycles. The smallest absolute Gasteiger partial charge is 0.379 e. The lowest BCUT2D eigenvalue weighted by atomic mass is 9.74. The largest absolute Gasteiger partial charge is 0.417 e. The summed E-state index contributed by atoms with van der Waals surface area (Å²) in [6.45, 7) is 6.43. The molecule has 4 rings (SSSR count).